The van der Waals surface area contributed by atoms with Crippen molar-refractivity contribution >= 4 is 5.78 Å². The zero-order chi connectivity index (χ0) is 12.4. The summed E-state index contributed by atoms with van der Waals surface area (Å²) in [6, 6.07) is 0. The monoisotopic (exact) mass is 224 g/mol. The van der Waals surface area contributed by atoms with Crippen molar-refractivity contribution in [3.63, 3.8) is 0 Å². The molecule has 1 rings (SSSR count). The van der Waals surface area contributed by atoms with Gasteiger partial charge in [0.15, 0.2) is 0 Å². The van der Waals surface area contributed by atoms with Gasteiger partial charge in [0.2, 0.25) is 0 Å². The number of carbonyl (C=O) groups excluding carboxylic acids is 1. The van der Waals surface area contributed by atoms with Gasteiger partial charge in [0.25, 0.3) is 0 Å². The summed E-state index contributed by atoms with van der Waals surface area (Å²) in [6.07, 6.45) is 5.29. The molecule has 0 unspecified atom stereocenters. The van der Waals surface area contributed by atoms with Gasteiger partial charge in [-0.25, -0.2) is 0 Å². The van der Waals surface area contributed by atoms with E-state index in [1.807, 2.05) is 6.92 Å². The fourth-order valence-corrected chi connectivity index (χ4v) is 3.11. The van der Waals surface area contributed by atoms with Gasteiger partial charge >= 0.3 is 0 Å². The molecule has 2 nitrogen and oxygen atoms in total. The third kappa shape index (κ3) is 2.87. The minimum Gasteiger partial charge on any atom is -0.502 e. The number of hydrogen-bond donors (Lipinski definition) is 0. The number of Topliss-reactive ketones (excluding diaryl/α,β-unsaturated/α-hetero) is 1. The summed E-state index contributed by atoms with van der Waals surface area (Å²) in [5.74, 6) is 0.778. The second kappa shape index (κ2) is 4.60. The molecule has 0 heterocycles. The second-order valence-electron chi connectivity index (χ2n) is 6.13. The van der Waals surface area contributed by atoms with Crippen LogP contribution < -0.4 is 0 Å². The van der Waals surface area contributed by atoms with Gasteiger partial charge in [-0.3, -0.25) is 4.79 Å². The quantitative estimate of drug-likeness (QED) is 0.685. The first kappa shape index (κ1) is 13.3. The van der Waals surface area contributed by atoms with Crippen LogP contribution >= 0.6 is 0 Å². The Bertz CT molecular complexity index is 267. The first-order valence-corrected chi connectivity index (χ1v) is 6.09. The van der Waals surface area contributed by atoms with Crippen molar-refractivity contribution in [1.82, 2.24) is 0 Å². The van der Waals surface area contributed by atoms with Gasteiger partial charge in [0.05, 0.1) is 12.9 Å². The van der Waals surface area contributed by atoms with Crippen molar-refractivity contribution in [3.05, 3.63) is 12.3 Å². The lowest BCUT2D eigenvalue weighted by Gasteiger charge is -2.47. The summed E-state index contributed by atoms with van der Waals surface area (Å²) in [6.45, 7) is 11.4. The lowest BCUT2D eigenvalue weighted by molar-refractivity contribution is -0.129. The van der Waals surface area contributed by atoms with E-state index in [1.165, 1.54) is 0 Å². The molecule has 0 aromatic heterocycles. The van der Waals surface area contributed by atoms with Gasteiger partial charge in [-0.05, 0) is 29.7 Å². The molecule has 0 aromatic carbocycles. The van der Waals surface area contributed by atoms with E-state index in [9.17, 15) is 4.79 Å². The van der Waals surface area contributed by atoms with Crippen LogP contribution in [0, 0.1) is 16.7 Å². The Morgan fingerprint density at radius 2 is 1.75 bits per heavy atom. The van der Waals surface area contributed by atoms with Crippen molar-refractivity contribution in [3.8, 4) is 0 Å². The SMILES string of the molecule is CCO/C=C/C1C(C)(C)CC(=O)CC1(C)C. The summed E-state index contributed by atoms with van der Waals surface area (Å²) >= 11 is 0. The Balaban J connectivity index is 2.88. The summed E-state index contributed by atoms with van der Waals surface area (Å²) in [5, 5.41) is 0. The lowest BCUT2D eigenvalue weighted by Crippen LogP contribution is -2.43. The van der Waals surface area contributed by atoms with Crippen molar-refractivity contribution in [2.24, 2.45) is 16.7 Å². The van der Waals surface area contributed by atoms with Crippen LogP contribution in [0.2, 0.25) is 0 Å². The Labute approximate surface area is 99.1 Å². The first-order valence-electron chi connectivity index (χ1n) is 6.09. The first-order chi connectivity index (χ1) is 7.29. The minimum atomic E-state index is 0.0342. The van der Waals surface area contributed by atoms with Crippen LogP contribution in [-0.2, 0) is 9.53 Å². The number of hydrogen-bond acceptors (Lipinski definition) is 2. The zero-order valence-corrected chi connectivity index (χ0v) is 11.2. The molecular formula is C14H24O2. The molecule has 0 aliphatic heterocycles. The fraction of sp³-hybridized carbons (Fsp3) is 0.786. The third-order valence-electron chi connectivity index (χ3n) is 3.52. The van der Waals surface area contributed by atoms with E-state index < -0.39 is 0 Å². The van der Waals surface area contributed by atoms with Crippen LogP contribution in [0.15, 0.2) is 12.3 Å². The number of ether oxygens (including phenoxy) is 1. The molecule has 1 aliphatic carbocycles. The van der Waals surface area contributed by atoms with E-state index >= 15 is 0 Å². The summed E-state index contributed by atoms with van der Waals surface area (Å²) in [4.78, 5) is 11.7. The van der Waals surface area contributed by atoms with E-state index in [2.05, 4.69) is 33.8 Å². The highest BCUT2D eigenvalue weighted by molar-refractivity contribution is 5.81. The van der Waals surface area contributed by atoms with E-state index in [1.54, 1.807) is 6.26 Å². The van der Waals surface area contributed by atoms with Gasteiger partial charge in [-0.2, -0.15) is 0 Å². The molecule has 0 atom stereocenters. The van der Waals surface area contributed by atoms with Crippen molar-refractivity contribution in [2.45, 2.75) is 47.5 Å². The van der Waals surface area contributed by atoms with Gasteiger partial charge < -0.3 is 4.74 Å². The maximum absolute atomic E-state index is 11.7. The Morgan fingerprint density at radius 1 is 1.25 bits per heavy atom. The maximum atomic E-state index is 11.7. The Hall–Kier alpha value is -0.790. The highest BCUT2D eigenvalue weighted by Gasteiger charge is 2.45. The van der Waals surface area contributed by atoms with Gasteiger partial charge in [0, 0.05) is 12.8 Å². The molecule has 1 saturated carbocycles. The topological polar surface area (TPSA) is 26.3 Å². The van der Waals surface area contributed by atoms with Crippen LogP contribution in [0.5, 0.6) is 0 Å². The maximum Gasteiger partial charge on any atom is 0.134 e. The van der Waals surface area contributed by atoms with Gasteiger partial charge in [-0.1, -0.05) is 27.7 Å². The average Bonchev–Trinajstić information content (AvgIpc) is 2.07. The molecule has 1 fully saturated rings. The third-order valence-corrected chi connectivity index (χ3v) is 3.52. The molecule has 92 valence electrons. The smallest absolute Gasteiger partial charge is 0.134 e. The minimum absolute atomic E-state index is 0.0342. The molecule has 0 saturated heterocycles. The van der Waals surface area contributed by atoms with Crippen LogP contribution in [-0.4, -0.2) is 12.4 Å². The van der Waals surface area contributed by atoms with E-state index in [-0.39, 0.29) is 10.8 Å². The van der Waals surface area contributed by atoms with E-state index in [0.29, 0.717) is 31.1 Å². The molecule has 0 spiro atoms. The molecule has 0 amide bonds. The van der Waals surface area contributed by atoms with Crippen LogP contribution in [0.4, 0.5) is 0 Å². The molecular weight excluding hydrogens is 200 g/mol. The molecule has 2 heteroatoms. The average molecular weight is 224 g/mol. The number of rotatable bonds is 3. The second-order valence-corrected chi connectivity index (χ2v) is 6.13. The standard InChI is InChI=1S/C14H24O2/c1-6-16-8-7-12-13(2,3)9-11(15)10-14(12,4)5/h7-8,12H,6,9-10H2,1-5H3/b8-7+. The summed E-state index contributed by atoms with van der Waals surface area (Å²) in [5.41, 5.74) is 0.0683. The fourth-order valence-electron chi connectivity index (χ4n) is 3.11. The normalized spacial score (nSPS) is 24.9. The number of ketones is 1. The van der Waals surface area contributed by atoms with Crippen molar-refractivity contribution in [2.75, 3.05) is 6.61 Å². The lowest BCUT2D eigenvalue weighted by atomic mass is 9.57. The largest absolute Gasteiger partial charge is 0.502 e. The summed E-state index contributed by atoms with van der Waals surface area (Å²) in [7, 11) is 0. The molecule has 16 heavy (non-hydrogen) atoms. The van der Waals surface area contributed by atoms with E-state index in [4.69, 9.17) is 4.74 Å². The molecule has 0 N–H and O–H groups in total. The molecule has 0 aromatic rings. The van der Waals surface area contributed by atoms with Crippen LogP contribution in [0.1, 0.15) is 47.5 Å². The number of allylic oxidation sites excluding steroid dienone is 1. The predicted octanol–water partition coefficient (Wildman–Crippen LogP) is 3.57. The molecule has 0 bridgehead atoms. The Morgan fingerprint density at radius 3 is 2.19 bits per heavy atom. The van der Waals surface area contributed by atoms with Crippen molar-refractivity contribution in [1.29, 1.82) is 0 Å². The van der Waals surface area contributed by atoms with Crippen LogP contribution in [0.25, 0.3) is 0 Å². The van der Waals surface area contributed by atoms with Gasteiger partial charge in [-0.15, -0.1) is 0 Å². The van der Waals surface area contributed by atoms with Crippen LogP contribution in [0.3, 0.4) is 0 Å². The molecule has 1 aliphatic rings. The highest BCUT2D eigenvalue weighted by Crippen LogP contribution is 2.50. The predicted molar refractivity (Wildman–Crippen MR) is 66.1 cm³/mol. The van der Waals surface area contributed by atoms with E-state index in [0.717, 1.165) is 0 Å². The highest BCUT2D eigenvalue weighted by atomic mass is 16.5. The number of carbonyl (C=O) groups is 1. The molecule has 0 radical (unpaired) electrons. The van der Waals surface area contributed by atoms with Crippen molar-refractivity contribution < 1.29 is 9.53 Å². The Kier molecular flexibility index (Phi) is 3.82. The summed E-state index contributed by atoms with van der Waals surface area (Å²) < 4.78 is 5.28. The zero-order valence-electron chi connectivity index (χ0n) is 11.2. The van der Waals surface area contributed by atoms with Gasteiger partial charge in [0.1, 0.15) is 5.78 Å².